The fourth-order valence-corrected chi connectivity index (χ4v) is 4.88. The predicted molar refractivity (Wildman–Crippen MR) is 107 cm³/mol. The lowest BCUT2D eigenvalue weighted by molar-refractivity contribution is -0.136. The van der Waals surface area contributed by atoms with E-state index in [9.17, 15) is 14.4 Å². The first kappa shape index (κ1) is 21.1. The Balaban J connectivity index is 1.62. The standard InChI is InChI=1S/C21H36N4O3/c1-5-19(2,3)14-8-10-21(11-9-14)17(27)25(18(28)24-21)12-16(26)23-20(4,13-22)15-6-7-15/h14-15H,5-13,22H2,1-4H3,(H,23,26)(H,24,28). The molecule has 0 bridgehead atoms. The number of nitrogens with one attached hydrogen (secondary N) is 2. The summed E-state index contributed by atoms with van der Waals surface area (Å²) in [4.78, 5) is 39.2. The van der Waals surface area contributed by atoms with Crippen molar-refractivity contribution < 1.29 is 14.4 Å². The van der Waals surface area contributed by atoms with E-state index >= 15 is 0 Å². The Morgan fingerprint density at radius 2 is 1.79 bits per heavy atom. The third kappa shape index (κ3) is 3.78. The van der Waals surface area contributed by atoms with Crippen molar-refractivity contribution in [2.45, 2.75) is 83.7 Å². The third-order valence-corrected chi connectivity index (χ3v) is 7.73. The molecular formula is C21H36N4O3. The summed E-state index contributed by atoms with van der Waals surface area (Å²) in [5.74, 6) is 0.365. The van der Waals surface area contributed by atoms with E-state index < -0.39 is 17.1 Å². The lowest BCUT2D eigenvalue weighted by atomic mass is 9.65. The van der Waals surface area contributed by atoms with E-state index in [1.807, 2.05) is 6.92 Å². The van der Waals surface area contributed by atoms with Crippen LogP contribution in [0, 0.1) is 17.3 Å². The van der Waals surface area contributed by atoms with Crippen LogP contribution in [0.4, 0.5) is 4.79 Å². The number of hydrogen-bond acceptors (Lipinski definition) is 4. The lowest BCUT2D eigenvalue weighted by Crippen LogP contribution is -2.56. The van der Waals surface area contributed by atoms with Crippen LogP contribution in [0.1, 0.15) is 72.6 Å². The van der Waals surface area contributed by atoms with Gasteiger partial charge in [-0.15, -0.1) is 0 Å². The molecule has 3 aliphatic rings. The van der Waals surface area contributed by atoms with Crippen molar-refractivity contribution >= 4 is 17.8 Å². The fraction of sp³-hybridized carbons (Fsp3) is 0.857. The van der Waals surface area contributed by atoms with Gasteiger partial charge in [-0.05, 0) is 62.7 Å². The molecule has 4 amide bonds. The monoisotopic (exact) mass is 392 g/mol. The van der Waals surface area contributed by atoms with Gasteiger partial charge in [0.15, 0.2) is 0 Å². The summed E-state index contributed by atoms with van der Waals surface area (Å²) in [7, 11) is 0. The average Bonchev–Trinajstić information content (AvgIpc) is 3.48. The Morgan fingerprint density at radius 3 is 2.29 bits per heavy atom. The van der Waals surface area contributed by atoms with Crippen molar-refractivity contribution in [3.63, 3.8) is 0 Å². The summed E-state index contributed by atoms with van der Waals surface area (Å²) in [6.07, 6.45) is 6.32. The second-order valence-electron chi connectivity index (χ2n) is 9.96. The van der Waals surface area contributed by atoms with Crippen LogP contribution in [0.3, 0.4) is 0 Å². The molecule has 1 spiro atoms. The van der Waals surface area contributed by atoms with Crippen LogP contribution in [-0.4, -0.2) is 46.9 Å². The zero-order valence-corrected chi connectivity index (χ0v) is 17.8. The highest BCUT2D eigenvalue weighted by atomic mass is 16.2. The van der Waals surface area contributed by atoms with Gasteiger partial charge in [-0.25, -0.2) is 4.79 Å². The molecule has 0 aromatic heterocycles. The molecule has 158 valence electrons. The highest BCUT2D eigenvalue weighted by molar-refractivity contribution is 6.09. The summed E-state index contributed by atoms with van der Waals surface area (Å²) >= 11 is 0. The van der Waals surface area contributed by atoms with E-state index in [0.29, 0.717) is 31.2 Å². The first-order chi connectivity index (χ1) is 13.1. The third-order valence-electron chi connectivity index (χ3n) is 7.73. The molecular weight excluding hydrogens is 356 g/mol. The lowest BCUT2D eigenvalue weighted by Gasteiger charge is -2.42. The molecule has 2 saturated carbocycles. The number of nitrogens with zero attached hydrogens (tertiary/aromatic N) is 1. The van der Waals surface area contributed by atoms with Gasteiger partial charge in [0.25, 0.3) is 5.91 Å². The molecule has 2 aliphatic carbocycles. The Labute approximate surface area is 168 Å². The van der Waals surface area contributed by atoms with Crippen LogP contribution < -0.4 is 16.4 Å². The maximum Gasteiger partial charge on any atom is 0.325 e. The van der Waals surface area contributed by atoms with Gasteiger partial charge in [-0.2, -0.15) is 0 Å². The fourth-order valence-electron chi connectivity index (χ4n) is 4.88. The van der Waals surface area contributed by atoms with Crippen LogP contribution in [0.25, 0.3) is 0 Å². The number of carbonyl (C=O) groups is 3. The number of nitrogens with two attached hydrogens (primary N) is 1. The van der Waals surface area contributed by atoms with Crippen molar-refractivity contribution in [1.29, 1.82) is 0 Å². The quantitative estimate of drug-likeness (QED) is 0.577. The van der Waals surface area contributed by atoms with E-state index in [1.54, 1.807) is 0 Å². The minimum Gasteiger partial charge on any atom is -0.348 e. The Bertz CT molecular complexity index is 650. The average molecular weight is 393 g/mol. The molecule has 0 radical (unpaired) electrons. The van der Waals surface area contributed by atoms with E-state index in [2.05, 4.69) is 31.4 Å². The number of carbonyl (C=O) groups excluding carboxylic acids is 3. The van der Waals surface area contributed by atoms with Crippen LogP contribution in [0.15, 0.2) is 0 Å². The molecule has 7 nitrogen and oxygen atoms in total. The molecule has 1 aliphatic heterocycles. The summed E-state index contributed by atoms with van der Waals surface area (Å²) in [5, 5.41) is 5.87. The Hall–Kier alpha value is -1.63. The number of amides is 4. The van der Waals surface area contributed by atoms with Gasteiger partial charge < -0.3 is 16.4 Å². The minimum absolute atomic E-state index is 0.237. The molecule has 1 heterocycles. The molecule has 3 fully saturated rings. The van der Waals surface area contributed by atoms with Gasteiger partial charge in [0, 0.05) is 6.54 Å². The Kier molecular flexibility index (Phi) is 5.51. The molecule has 1 atom stereocenters. The van der Waals surface area contributed by atoms with Gasteiger partial charge in [0.1, 0.15) is 12.1 Å². The zero-order chi connectivity index (χ0) is 20.7. The van der Waals surface area contributed by atoms with E-state index in [-0.39, 0.29) is 23.8 Å². The van der Waals surface area contributed by atoms with E-state index in [1.165, 1.54) is 0 Å². The molecule has 7 heteroatoms. The zero-order valence-electron chi connectivity index (χ0n) is 17.8. The van der Waals surface area contributed by atoms with Crippen LogP contribution in [0.2, 0.25) is 0 Å². The first-order valence-electron chi connectivity index (χ1n) is 10.7. The van der Waals surface area contributed by atoms with Crippen LogP contribution in [0.5, 0.6) is 0 Å². The predicted octanol–water partition coefficient (Wildman–Crippen LogP) is 2.15. The molecule has 1 unspecified atom stereocenters. The summed E-state index contributed by atoms with van der Waals surface area (Å²) < 4.78 is 0. The molecule has 0 aromatic rings. The highest BCUT2D eigenvalue weighted by Gasteiger charge is 2.54. The highest BCUT2D eigenvalue weighted by Crippen LogP contribution is 2.45. The van der Waals surface area contributed by atoms with Crippen molar-refractivity contribution in [1.82, 2.24) is 15.5 Å². The second kappa shape index (κ2) is 7.32. The van der Waals surface area contributed by atoms with Gasteiger partial charge in [0.05, 0.1) is 5.54 Å². The summed E-state index contributed by atoms with van der Waals surface area (Å²) in [5.41, 5.74) is 4.81. The topological polar surface area (TPSA) is 105 Å². The van der Waals surface area contributed by atoms with E-state index in [0.717, 1.165) is 37.0 Å². The van der Waals surface area contributed by atoms with E-state index in [4.69, 9.17) is 5.73 Å². The molecule has 0 aromatic carbocycles. The van der Waals surface area contributed by atoms with Gasteiger partial charge >= 0.3 is 6.03 Å². The smallest absolute Gasteiger partial charge is 0.325 e. The molecule has 3 rings (SSSR count). The van der Waals surface area contributed by atoms with Gasteiger partial charge in [-0.3, -0.25) is 14.5 Å². The number of imide groups is 1. The van der Waals surface area contributed by atoms with Crippen molar-refractivity contribution in [2.24, 2.45) is 23.0 Å². The maximum absolute atomic E-state index is 13.1. The molecule has 4 N–H and O–H groups in total. The number of hydrogen-bond donors (Lipinski definition) is 3. The number of rotatable bonds is 7. The van der Waals surface area contributed by atoms with Gasteiger partial charge in [-0.1, -0.05) is 27.2 Å². The second-order valence-corrected chi connectivity index (χ2v) is 9.96. The van der Waals surface area contributed by atoms with Crippen molar-refractivity contribution in [3.05, 3.63) is 0 Å². The normalized spacial score (nSPS) is 30.3. The molecule has 28 heavy (non-hydrogen) atoms. The van der Waals surface area contributed by atoms with Crippen LogP contribution in [-0.2, 0) is 9.59 Å². The first-order valence-corrected chi connectivity index (χ1v) is 10.7. The number of urea groups is 1. The Morgan fingerprint density at radius 1 is 1.18 bits per heavy atom. The summed E-state index contributed by atoms with van der Waals surface area (Å²) in [6, 6.07) is -0.450. The van der Waals surface area contributed by atoms with Crippen LogP contribution >= 0.6 is 0 Å². The van der Waals surface area contributed by atoms with Crippen molar-refractivity contribution in [2.75, 3.05) is 13.1 Å². The SMILES string of the molecule is CCC(C)(C)C1CCC2(CC1)NC(=O)N(CC(=O)NC(C)(CN)C1CC1)C2=O. The largest absolute Gasteiger partial charge is 0.348 e. The van der Waals surface area contributed by atoms with Crippen molar-refractivity contribution in [3.8, 4) is 0 Å². The summed E-state index contributed by atoms with van der Waals surface area (Å²) in [6.45, 7) is 8.79. The van der Waals surface area contributed by atoms with Gasteiger partial charge in [0.2, 0.25) is 5.91 Å². The molecule has 1 saturated heterocycles. The minimum atomic E-state index is -0.828. The maximum atomic E-state index is 13.1.